The van der Waals surface area contributed by atoms with E-state index in [4.69, 9.17) is 11.6 Å². The molecule has 3 nitrogen and oxygen atoms in total. The Hall–Kier alpha value is -0.540. The maximum Gasteiger partial charge on any atom is 0.0850 e. The van der Waals surface area contributed by atoms with Gasteiger partial charge in [-0.05, 0) is 50.9 Å². The van der Waals surface area contributed by atoms with Gasteiger partial charge in [-0.15, -0.1) is 0 Å². The van der Waals surface area contributed by atoms with E-state index in [1.54, 1.807) is 0 Å². The fraction of sp³-hybridized carbons (Fsp3) is 0.800. The van der Waals surface area contributed by atoms with Gasteiger partial charge in [-0.25, -0.2) is 0 Å². The third kappa shape index (κ3) is 2.82. The molecular formula is C15H24ClN3. The lowest BCUT2D eigenvalue weighted by molar-refractivity contribution is 0.435. The van der Waals surface area contributed by atoms with Gasteiger partial charge >= 0.3 is 0 Å². The Kier molecular flexibility index (Phi) is 3.61. The van der Waals surface area contributed by atoms with E-state index in [0.29, 0.717) is 5.41 Å². The van der Waals surface area contributed by atoms with Crippen molar-refractivity contribution in [3.63, 3.8) is 0 Å². The van der Waals surface area contributed by atoms with Crippen molar-refractivity contribution >= 4 is 11.6 Å². The monoisotopic (exact) mass is 281 g/mol. The van der Waals surface area contributed by atoms with E-state index in [1.165, 1.54) is 31.4 Å². The summed E-state index contributed by atoms with van der Waals surface area (Å²) >= 11 is 6.51. The topological polar surface area (TPSA) is 29.9 Å². The molecule has 0 aromatic carbocycles. The molecule has 0 atom stereocenters. The number of aromatic nitrogens is 2. The van der Waals surface area contributed by atoms with Crippen molar-refractivity contribution in [1.29, 1.82) is 0 Å². The lowest BCUT2D eigenvalue weighted by Crippen LogP contribution is -2.28. The predicted molar refractivity (Wildman–Crippen MR) is 78.7 cm³/mol. The van der Waals surface area contributed by atoms with Crippen LogP contribution in [0.5, 0.6) is 0 Å². The van der Waals surface area contributed by atoms with Crippen LogP contribution in [0.2, 0.25) is 5.02 Å². The lowest BCUT2D eigenvalue weighted by Gasteiger charge is -2.17. The zero-order valence-electron chi connectivity index (χ0n) is 12.0. The van der Waals surface area contributed by atoms with E-state index in [0.717, 1.165) is 42.7 Å². The Labute approximate surface area is 120 Å². The summed E-state index contributed by atoms with van der Waals surface area (Å²) in [4.78, 5) is 0. The molecule has 3 rings (SSSR count). The van der Waals surface area contributed by atoms with Crippen molar-refractivity contribution in [1.82, 2.24) is 15.1 Å². The second-order valence-corrected chi connectivity index (χ2v) is 6.59. The van der Waals surface area contributed by atoms with Gasteiger partial charge in [0.1, 0.15) is 0 Å². The number of halogens is 1. The molecule has 106 valence electrons. The fourth-order valence-electron chi connectivity index (χ4n) is 2.78. The molecule has 0 bridgehead atoms. The minimum absolute atomic E-state index is 0.462. The van der Waals surface area contributed by atoms with Crippen molar-refractivity contribution in [2.45, 2.75) is 65.0 Å². The molecule has 1 aromatic heterocycles. The van der Waals surface area contributed by atoms with Gasteiger partial charge in [0.05, 0.1) is 16.4 Å². The normalized spacial score (nSPS) is 20.8. The average molecular weight is 282 g/mol. The van der Waals surface area contributed by atoms with Crippen LogP contribution in [-0.2, 0) is 19.4 Å². The number of hydrogen-bond acceptors (Lipinski definition) is 2. The highest BCUT2D eigenvalue weighted by molar-refractivity contribution is 6.31. The zero-order chi connectivity index (χ0) is 13.5. The van der Waals surface area contributed by atoms with Gasteiger partial charge in [0.15, 0.2) is 0 Å². The SMILES string of the molecule is CCc1nn(CC)c(CC2(CNC3CC3)CC2)c1Cl. The number of nitrogens with one attached hydrogen (secondary N) is 1. The van der Waals surface area contributed by atoms with E-state index >= 15 is 0 Å². The maximum atomic E-state index is 6.51. The summed E-state index contributed by atoms with van der Waals surface area (Å²) in [7, 11) is 0. The number of hydrogen-bond donors (Lipinski definition) is 1. The average Bonchev–Trinajstić information content (AvgIpc) is 3.31. The molecule has 19 heavy (non-hydrogen) atoms. The second-order valence-electron chi connectivity index (χ2n) is 6.21. The molecule has 0 spiro atoms. The van der Waals surface area contributed by atoms with Crippen molar-refractivity contribution < 1.29 is 0 Å². The van der Waals surface area contributed by atoms with E-state index in [2.05, 4.69) is 28.9 Å². The molecule has 1 heterocycles. The van der Waals surface area contributed by atoms with Crippen LogP contribution in [0, 0.1) is 5.41 Å². The van der Waals surface area contributed by atoms with Gasteiger partial charge in [-0.2, -0.15) is 5.10 Å². The maximum absolute atomic E-state index is 6.51. The van der Waals surface area contributed by atoms with Gasteiger partial charge in [0.2, 0.25) is 0 Å². The summed E-state index contributed by atoms with van der Waals surface area (Å²) in [6, 6.07) is 0.801. The van der Waals surface area contributed by atoms with E-state index in [9.17, 15) is 0 Å². The zero-order valence-corrected chi connectivity index (χ0v) is 12.8. The number of nitrogens with zero attached hydrogens (tertiary/aromatic N) is 2. The summed E-state index contributed by atoms with van der Waals surface area (Å²) in [5, 5.41) is 9.23. The molecule has 2 fully saturated rings. The van der Waals surface area contributed by atoms with E-state index in [1.807, 2.05) is 0 Å². The first-order valence-corrected chi connectivity index (χ1v) is 8.02. The molecular weight excluding hydrogens is 258 g/mol. The van der Waals surface area contributed by atoms with Crippen LogP contribution >= 0.6 is 11.6 Å². The van der Waals surface area contributed by atoms with Gasteiger partial charge < -0.3 is 5.32 Å². The summed E-state index contributed by atoms with van der Waals surface area (Å²) in [6.45, 7) is 6.35. The van der Waals surface area contributed by atoms with E-state index in [-0.39, 0.29) is 0 Å². The first kappa shape index (κ1) is 13.4. The van der Waals surface area contributed by atoms with Crippen LogP contribution in [0.1, 0.15) is 50.9 Å². The number of aryl methyl sites for hydroxylation is 2. The molecule has 2 aliphatic rings. The summed E-state index contributed by atoms with van der Waals surface area (Å²) in [6.07, 6.45) is 7.41. The Balaban J connectivity index is 1.72. The molecule has 0 saturated heterocycles. The highest BCUT2D eigenvalue weighted by Crippen LogP contribution is 2.49. The van der Waals surface area contributed by atoms with Crippen LogP contribution < -0.4 is 5.32 Å². The molecule has 4 heteroatoms. The number of rotatable bonds is 7. The van der Waals surface area contributed by atoms with Crippen molar-refractivity contribution in [2.75, 3.05) is 6.54 Å². The van der Waals surface area contributed by atoms with Crippen LogP contribution in [0.15, 0.2) is 0 Å². The molecule has 1 N–H and O–H groups in total. The highest BCUT2D eigenvalue weighted by atomic mass is 35.5. The Bertz CT molecular complexity index is 458. The minimum Gasteiger partial charge on any atom is -0.313 e. The quantitative estimate of drug-likeness (QED) is 0.832. The van der Waals surface area contributed by atoms with Crippen molar-refractivity contribution in [2.24, 2.45) is 5.41 Å². The third-order valence-corrected chi connectivity index (χ3v) is 4.97. The standard InChI is InChI=1S/C15H24ClN3/c1-3-12-14(16)13(19(4-2)18-12)9-15(7-8-15)10-17-11-5-6-11/h11,17H,3-10H2,1-2H3. The lowest BCUT2D eigenvalue weighted by atomic mass is 9.99. The Morgan fingerprint density at radius 2 is 2.11 bits per heavy atom. The van der Waals surface area contributed by atoms with E-state index < -0.39 is 0 Å². The molecule has 0 amide bonds. The summed E-state index contributed by atoms with van der Waals surface area (Å²) < 4.78 is 2.11. The molecule has 2 saturated carbocycles. The smallest absolute Gasteiger partial charge is 0.0850 e. The fourth-order valence-corrected chi connectivity index (χ4v) is 3.12. The van der Waals surface area contributed by atoms with Crippen LogP contribution in [-0.4, -0.2) is 22.4 Å². The molecule has 0 aliphatic heterocycles. The van der Waals surface area contributed by atoms with Crippen molar-refractivity contribution in [3.8, 4) is 0 Å². The van der Waals surface area contributed by atoms with Gasteiger partial charge in [-0.3, -0.25) is 4.68 Å². The summed E-state index contributed by atoms with van der Waals surface area (Å²) in [5.41, 5.74) is 2.78. The largest absolute Gasteiger partial charge is 0.313 e. The van der Waals surface area contributed by atoms with Crippen LogP contribution in [0.3, 0.4) is 0 Å². The first-order chi connectivity index (χ1) is 9.17. The second kappa shape index (κ2) is 5.10. The molecule has 2 aliphatic carbocycles. The van der Waals surface area contributed by atoms with Gasteiger partial charge in [0, 0.05) is 19.1 Å². The highest BCUT2D eigenvalue weighted by Gasteiger charge is 2.44. The predicted octanol–water partition coefficient (Wildman–Crippen LogP) is 3.19. The first-order valence-electron chi connectivity index (χ1n) is 7.65. The Morgan fingerprint density at radius 3 is 2.63 bits per heavy atom. The molecule has 1 aromatic rings. The van der Waals surface area contributed by atoms with Crippen molar-refractivity contribution in [3.05, 3.63) is 16.4 Å². The third-order valence-electron chi connectivity index (χ3n) is 4.54. The summed E-state index contributed by atoms with van der Waals surface area (Å²) in [5.74, 6) is 0. The van der Waals surface area contributed by atoms with Gasteiger partial charge in [-0.1, -0.05) is 18.5 Å². The molecule has 0 radical (unpaired) electrons. The van der Waals surface area contributed by atoms with Gasteiger partial charge in [0.25, 0.3) is 0 Å². The van der Waals surface area contributed by atoms with Crippen LogP contribution in [0.4, 0.5) is 0 Å². The molecule has 0 unspecified atom stereocenters. The van der Waals surface area contributed by atoms with Crippen LogP contribution in [0.25, 0.3) is 0 Å². The minimum atomic E-state index is 0.462. The Morgan fingerprint density at radius 1 is 1.37 bits per heavy atom.